The first-order chi connectivity index (χ1) is 14.4. The lowest BCUT2D eigenvalue weighted by Gasteiger charge is -2.35. The minimum atomic E-state index is -3.27. The van der Waals surface area contributed by atoms with Gasteiger partial charge in [0.05, 0.1) is 23.4 Å². The van der Waals surface area contributed by atoms with Gasteiger partial charge in [-0.3, -0.25) is 4.90 Å². The summed E-state index contributed by atoms with van der Waals surface area (Å²) in [5.41, 5.74) is 0.588. The Kier molecular flexibility index (Phi) is 8.13. The molecule has 30 heavy (non-hydrogen) atoms. The summed E-state index contributed by atoms with van der Waals surface area (Å²) in [4.78, 5) is 15.1. The zero-order valence-corrected chi connectivity index (χ0v) is 18.9. The molecule has 1 unspecified atom stereocenters. The molecule has 1 aliphatic carbocycles. The average Bonchev–Trinajstić information content (AvgIpc) is 3.28. The third-order valence-corrected chi connectivity index (χ3v) is 8.26. The first kappa shape index (κ1) is 23.0. The van der Waals surface area contributed by atoms with Crippen LogP contribution in [0.2, 0.25) is 0 Å². The van der Waals surface area contributed by atoms with Crippen LogP contribution in [0, 0.1) is 5.92 Å². The third-order valence-electron chi connectivity index (χ3n) is 5.99. The number of hydrogen-bond donors (Lipinski definition) is 2. The highest BCUT2D eigenvalue weighted by molar-refractivity contribution is 7.92. The Morgan fingerprint density at radius 3 is 2.37 bits per heavy atom. The predicted molar refractivity (Wildman–Crippen MR) is 119 cm³/mol. The van der Waals surface area contributed by atoms with Gasteiger partial charge in [-0.2, -0.15) is 0 Å². The van der Waals surface area contributed by atoms with Crippen LogP contribution in [0.3, 0.4) is 0 Å². The molecule has 0 radical (unpaired) electrons. The highest BCUT2D eigenvalue weighted by Gasteiger charge is 2.30. The van der Waals surface area contributed by atoms with Gasteiger partial charge in [0.2, 0.25) is 0 Å². The van der Waals surface area contributed by atoms with E-state index in [9.17, 15) is 13.2 Å². The first-order valence-corrected chi connectivity index (χ1v) is 12.6. The van der Waals surface area contributed by atoms with Gasteiger partial charge in [-0.1, -0.05) is 26.7 Å². The molecule has 0 aromatic heterocycles. The highest BCUT2D eigenvalue weighted by Crippen LogP contribution is 2.30. The Hall–Kier alpha value is -1.64. The van der Waals surface area contributed by atoms with E-state index >= 15 is 0 Å². The Labute approximate surface area is 180 Å². The lowest BCUT2D eigenvalue weighted by atomic mass is 10.0. The number of carbonyl (C=O) groups excluding carboxylic acids is 1. The smallest absolute Gasteiger partial charge is 0.319 e. The molecule has 1 aromatic carbocycles. The van der Waals surface area contributed by atoms with Crippen molar-refractivity contribution in [1.82, 2.24) is 10.2 Å². The van der Waals surface area contributed by atoms with Crippen LogP contribution in [-0.2, 0) is 14.6 Å². The lowest BCUT2D eigenvalue weighted by molar-refractivity contribution is 0.0130. The Bertz CT molecular complexity index is 783. The van der Waals surface area contributed by atoms with Crippen molar-refractivity contribution in [3.8, 4) is 0 Å². The molecule has 2 amide bonds. The van der Waals surface area contributed by atoms with Crippen molar-refractivity contribution < 1.29 is 17.9 Å². The van der Waals surface area contributed by atoms with Crippen LogP contribution in [0.4, 0.5) is 10.5 Å². The highest BCUT2D eigenvalue weighted by atomic mass is 32.2. The number of anilines is 1. The Morgan fingerprint density at radius 2 is 1.77 bits per heavy atom. The second-order valence-electron chi connectivity index (χ2n) is 8.74. The Morgan fingerprint density at radius 1 is 1.13 bits per heavy atom. The molecule has 7 nitrogen and oxygen atoms in total. The Balaban J connectivity index is 1.53. The van der Waals surface area contributed by atoms with E-state index in [4.69, 9.17) is 4.74 Å². The topological polar surface area (TPSA) is 87.7 Å². The van der Waals surface area contributed by atoms with Crippen LogP contribution in [0.15, 0.2) is 29.2 Å². The number of nitrogens with zero attached hydrogens (tertiary/aromatic N) is 1. The molecule has 1 heterocycles. The van der Waals surface area contributed by atoms with Gasteiger partial charge in [-0.25, -0.2) is 13.2 Å². The molecule has 1 aliphatic heterocycles. The van der Waals surface area contributed by atoms with Gasteiger partial charge < -0.3 is 15.4 Å². The SMILES string of the molecule is CC(C)CC(CNC(=O)Nc1ccc(S(=O)(=O)C2CCCC2)cc1)N1CCOCC1. The van der Waals surface area contributed by atoms with E-state index in [-0.39, 0.29) is 17.3 Å². The van der Waals surface area contributed by atoms with Crippen molar-refractivity contribution in [2.45, 2.75) is 62.1 Å². The number of carbonyl (C=O) groups is 1. The molecule has 168 valence electrons. The molecule has 1 aromatic rings. The molecule has 1 saturated heterocycles. The van der Waals surface area contributed by atoms with Crippen molar-refractivity contribution in [2.24, 2.45) is 5.92 Å². The van der Waals surface area contributed by atoms with Crippen molar-refractivity contribution in [3.63, 3.8) is 0 Å². The van der Waals surface area contributed by atoms with E-state index in [1.807, 2.05) is 0 Å². The van der Waals surface area contributed by atoms with E-state index in [0.29, 0.717) is 23.0 Å². The number of benzene rings is 1. The van der Waals surface area contributed by atoms with Crippen LogP contribution in [0.1, 0.15) is 46.0 Å². The number of nitrogens with one attached hydrogen (secondary N) is 2. The maximum atomic E-state index is 12.7. The number of urea groups is 1. The van der Waals surface area contributed by atoms with Crippen molar-refractivity contribution in [2.75, 3.05) is 38.2 Å². The van der Waals surface area contributed by atoms with E-state index in [2.05, 4.69) is 29.4 Å². The summed E-state index contributed by atoms with van der Waals surface area (Å²) in [6.45, 7) is 8.19. The van der Waals surface area contributed by atoms with E-state index in [0.717, 1.165) is 58.4 Å². The van der Waals surface area contributed by atoms with Crippen LogP contribution in [-0.4, -0.2) is 63.5 Å². The third kappa shape index (κ3) is 6.18. The number of sulfone groups is 1. The maximum Gasteiger partial charge on any atom is 0.319 e. The minimum Gasteiger partial charge on any atom is -0.379 e. The van der Waals surface area contributed by atoms with Crippen molar-refractivity contribution in [3.05, 3.63) is 24.3 Å². The molecule has 1 saturated carbocycles. The molecule has 1 atom stereocenters. The first-order valence-electron chi connectivity index (χ1n) is 11.1. The summed E-state index contributed by atoms with van der Waals surface area (Å²) in [7, 11) is -3.27. The minimum absolute atomic E-state index is 0.266. The monoisotopic (exact) mass is 437 g/mol. The zero-order chi connectivity index (χ0) is 21.6. The predicted octanol–water partition coefficient (Wildman–Crippen LogP) is 3.27. The van der Waals surface area contributed by atoms with Crippen LogP contribution >= 0.6 is 0 Å². The second-order valence-corrected chi connectivity index (χ2v) is 11.0. The van der Waals surface area contributed by atoms with Gasteiger partial charge in [0.15, 0.2) is 9.84 Å². The van der Waals surface area contributed by atoms with Gasteiger partial charge in [-0.15, -0.1) is 0 Å². The van der Waals surface area contributed by atoms with Gasteiger partial charge in [0.1, 0.15) is 0 Å². The number of ether oxygens (including phenoxy) is 1. The number of morpholine rings is 1. The summed E-state index contributed by atoms with van der Waals surface area (Å²) in [6, 6.07) is 6.52. The summed E-state index contributed by atoms with van der Waals surface area (Å²) in [5, 5.41) is 5.52. The van der Waals surface area contributed by atoms with Gasteiger partial charge >= 0.3 is 6.03 Å². The van der Waals surface area contributed by atoms with Crippen LogP contribution in [0.5, 0.6) is 0 Å². The number of rotatable bonds is 8. The second kappa shape index (κ2) is 10.6. The zero-order valence-electron chi connectivity index (χ0n) is 18.1. The average molecular weight is 438 g/mol. The van der Waals surface area contributed by atoms with E-state index in [1.54, 1.807) is 24.3 Å². The largest absolute Gasteiger partial charge is 0.379 e. The summed E-state index contributed by atoms with van der Waals surface area (Å²) in [6.07, 6.45) is 4.45. The molecular weight excluding hydrogens is 402 g/mol. The number of hydrogen-bond acceptors (Lipinski definition) is 5. The van der Waals surface area contributed by atoms with E-state index in [1.165, 1.54) is 0 Å². The molecule has 8 heteroatoms. The van der Waals surface area contributed by atoms with Crippen LogP contribution in [0.25, 0.3) is 0 Å². The van der Waals surface area contributed by atoms with E-state index < -0.39 is 9.84 Å². The summed E-state index contributed by atoms with van der Waals surface area (Å²) >= 11 is 0. The molecular formula is C22H35N3O4S. The van der Waals surface area contributed by atoms with Gasteiger partial charge in [-0.05, 0) is 49.4 Å². The van der Waals surface area contributed by atoms with Crippen LogP contribution < -0.4 is 10.6 Å². The molecule has 2 fully saturated rings. The van der Waals surface area contributed by atoms with Gasteiger partial charge in [0.25, 0.3) is 0 Å². The number of amides is 2. The summed E-state index contributed by atoms with van der Waals surface area (Å²) in [5.74, 6) is 0.539. The molecule has 3 rings (SSSR count). The quantitative estimate of drug-likeness (QED) is 0.652. The standard InChI is InChI=1S/C22H35N3O4S/c1-17(2)15-19(25-11-13-29-14-12-25)16-23-22(26)24-18-7-9-21(10-8-18)30(27,28)20-5-3-4-6-20/h7-10,17,19-20H,3-6,11-16H2,1-2H3,(H2,23,24,26). The molecule has 2 aliphatic rings. The summed E-state index contributed by atoms with van der Waals surface area (Å²) < 4.78 is 30.8. The van der Waals surface area contributed by atoms with Crippen molar-refractivity contribution >= 4 is 21.6 Å². The van der Waals surface area contributed by atoms with Gasteiger partial charge in [0, 0.05) is 31.4 Å². The van der Waals surface area contributed by atoms with Crippen molar-refractivity contribution in [1.29, 1.82) is 0 Å². The molecule has 0 spiro atoms. The fourth-order valence-corrected chi connectivity index (χ4v) is 6.21. The fourth-order valence-electron chi connectivity index (χ4n) is 4.35. The molecule has 2 N–H and O–H groups in total. The maximum absolute atomic E-state index is 12.7. The lowest BCUT2D eigenvalue weighted by Crippen LogP contribution is -2.49. The normalized spacial score (nSPS) is 19.7. The fraction of sp³-hybridized carbons (Fsp3) is 0.682. The molecule has 0 bridgehead atoms.